The third kappa shape index (κ3) is 5.32. The van der Waals surface area contributed by atoms with E-state index in [1.54, 1.807) is 30.0 Å². The second-order valence-electron chi connectivity index (χ2n) is 4.85. The van der Waals surface area contributed by atoms with Crippen molar-refractivity contribution in [3.63, 3.8) is 0 Å². The molecule has 1 aliphatic carbocycles. The Morgan fingerprint density at radius 3 is 2.96 bits per heavy atom. The summed E-state index contributed by atoms with van der Waals surface area (Å²) in [5, 5.41) is 12.0. The number of thioether (sulfide) groups is 1. The molecule has 0 saturated heterocycles. The molecule has 128 valence electrons. The molecule has 0 saturated carbocycles. The lowest BCUT2D eigenvalue weighted by atomic mass is 10.2. The maximum absolute atomic E-state index is 13.7. The van der Waals surface area contributed by atoms with Crippen molar-refractivity contribution in [2.24, 2.45) is 0 Å². The largest absolute Gasteiger partial charge is 0.480 e. The highest BCUT2D eigenvalue weighted by atomic mass is 35.5. The minimum absolute atomic E-state index is 0.205. The van der Waals surface area contributed by atoms with Crippen LogP contribution < -0.4 is 10.1 Å². The number of benzene rings is 1. The molecule has 2 N–H and O–H groups in total. The normalized spacial score (nSPS) is 14.2. The quantitative estimate of drug-likeness (QED) is 0.691. The van der Waals surface area contributed by atoms with Crippen LogP contribution in [0.25, 0.3) is 0 Å². The number of hydrogen-bond acceptors (Lipinski definition) is 4. The molecule has 1 aliphatic rings. The number of carboxylic acids is 1. The van der Waals surface area contributed by atoms with E-state index in [4.69, 9.17) is 21.4 Å². The van der Waals surface area contributed by atoms with Crippen LogP contribution in [0.4, 0.5) is 4.39 Å². The second-order valence-corrected chi connectivity index (χ2v) is 6.60. The van der Waals surface area contributed by atoms with Crippen LogP contribution in [0, 0.1) is 0 Å². The summed E-state index contributed by atoms with van der Waals surface area (Å²) in [6, 6.07) is 5.37. The molecule has 0 fully saturated rings. The first kappa shape index (κ1) is 18.4. The fraction of sp³-hybridized carbons (Fsp3) is 0.235. The van der Waals surface area contributed by atoms with Gasteiger partial charge in [-0.15, -0.1) is 11.8 Å². The van der Waals surface area contributed by atoms with E-state index in [9.17, 15) is 9.18 Å². The highest BCUT2D eigenvalue weighted by Crippen LogP contribution is 2.32. The summed E-state index contributed by atoms with van der Waals surface area (Å²) in [5.41, 5.74) is 0.476. The smallest absolute Gasteiger partial charge is 0.322 e. The van der Waals surface area contributed by atoms with Gasteiger partial charge in [0, 0.05) is 17.4 Å². The van der Waals surface area contributed by atoms with Crippen molar-refractivity contribution in [3.8, 4) is 5.75 Å². The molecule has 1 aromatic rings. The minimum Gasteiger partial charge on any atom is -0.480 e. The average Bonchev–Trinajstić information content (AvgIpc) is 2.69. The molecular weight excluding hydrogens is 353 g/mol. The Labute approximate surface area is 149 Å². The van der Waals surface area contributed by atoms with Gasteiger partial charge in [-0.1, -0.05) is 24.6 Å². The third-order valence-electron chi connectivity index (χ3n) is 3.05. The maximum atomic E-state index is 13.7. The minimum atomic E-state index is -1.02. The van der Waals surface area contributed by atoms with Crippen molar-refractivity contribution in [3.05, 3.63) is 58.7 Å². The van der Waals surface area contributed by atoms with Crippen LogP contribution in [-0.4, -0.2) is 23.4 Å². The van der Waals surface area contributed by atoms with Crippen molar-refractivity contribution in [1.82, 2.24) is 5.32 Å². The lowest BCUT2D eigenvalue weighted by Crippen LogP contribution is -2.23. The monoisotopic (exact) mass is 369 g/mol. The van der Waals surface area contributed by atoms with Gasteiger partial charge in [-0.2, -0.15) is 0 Å². The number of allylic oxidation sites excluding steroid dienone is 4. The number of carboxylic acid groups (broad SMARTS) is 1. The van der Waals surface area contributed by atoms with E-state index in [1.165, 1.54) is 12.2 Å². The maximum Gasteiger partial charge on any atom is 0.322 e. The van der Waals surface area contributed by atoms with E-state index in [0.29, 0.717) is 22.9 Å². The van der Waals surface area contributed by atoms with Gasteiger partial charge in [0.1, 0.15) is 23.9 Å². The summed E-state index contributed by atoms with van der Waals surface area (Å²) in [7, 11) is 0. The van der Waals surface area contributed by atoms with Crippen LogP contribution in [-0.2, 0) is 4.79 Å². The molecule has 0 aliphatic heterocycles. The van der Waals surface area contributed by atoms with Crippen molar-refractivity contribution in [1.29, 1.82) is 0 Å². The zero-order valence-electron chi connectivity index (χ0n) is 13.0. The van der Waals surface area contributed by atoms with Gasteiger partial charge in [0.05, 0.1) is 10.7 Å². The van der Waals surface area contributed by atoms with Gasteiger partial charge in [0.2, 0.25) is 0 Å². The molecule has 0 unspecified atom stereocenters. The number of carbonyl (C=O) groups is 1. The molecule has 0 aromatic heterocycles. The molecule has 4 nitrogen and oxygen atoms in total. The van der Waals surface area contributed by atoms with E-state index in [0.717, 1.165) is 10.6 Å². The summed E-state index contributed by atoms with van der Waals surface area (Å²) in [6.45, 7) is 1.76. The van der Waals surface area contributed by atoms with E-state index >= 15 is 0 Å². The van der Waals surface area contributed by atoms with Gasteiger partial charge < -0.3 is 15.2 Å². The Balaban J connectivity index is 2.28. The number of rotatable bonds is 7. The van der Waals surface area contributed by atoms with E-state index in [-0.39, 0.29) is 12.3 Å². The fourth-order valence-corrected chi connectivity index (χ4v) is 3.00. The summed E-state index contributed by atoms with van der Waals surface area (Å²) in [6.07, 6.45) is 4.43. The second kappa shape index (κ2) is 8.80. The molecule has 0 radical (unpaired) electrons. The van der Waals surface area contributed by atoms with Crippen molar-refractivity contribution >= 4 is 29.3 Å². The molecule has 0 heterocycles. The predicted octanol–water partition coefficient (Wildman–Crippen LogP) is 4.53. The molecular formula is C17H17ClFNO3S. The lowest BCUT2D eigenvalue weighted by molar-refractivity contribution is -0.135. The van der Waals surface area contributed by atoms with Gasteiger partial charge in [-0.25, -0.2) is 4.39 Å². The topological polar surface area (TPSA) is 58.6 Å². The van der Waals surface area contributed by atoms with E-state index in [2.05, 4.69) is 5.32 Å². The summed E-state index contributed by atoms with van der Waals surface area (Å²) < 4.78 is 19.5. The highest BCUT2D eigenvalue weighted by Gasteiger charge is 2.14. The Bertz CT molecular complexity index is 716. The van der Waals surface area contributed by atoms with Crippen LogP contribution in [0.15, 0.2) is 58.6 Å². The number of ether oxygens (including phenoxy) is 1. The first-order valence-corrected chi connectivity index (χ1v) is 8.68. The fourth-order valence-electron chi connectivity index (χ4n) is 2.02. The van der Waals surface area contributed by atoms with Gasteiger partial charge in [0.25, 0.3) is 0 Å². The standard InChI is InChI=1S/C17H17ClFNO3S/c1-2-24-12-6-7-15(13(18)9-12)23-16-8-11(19)4-3-5-14(16)20-10-17(21)22/h3-4,6-9,20H,2,5,10H2,1H3,(H,21,22). The van der Waals surface area contributed by atoms with Gasteiger partial charge in [-0.3, -0.25) is 4.79 Å². The van der Waals surface area contributed by atoms with E-state index in [1.807, 2.05) is 13.0 Å². The summed E-state index contributed by atoms with van der Waals surface area (Å²) in [5.74, 6) is 0.0130. The van der Waals surface area contributed by atoms with Crippen molar-refractivity contribution < 1.29 is 19.0 Å². The Morgan fingerprint density at radius 1 is 1.50 bits per heavy atom. The molecule has 7 heteroatoms. The van der Waals surface area contributed by atoms with Crippen molar-refractivity contribution in [2.75, 3.05) is 12.3 Å². The Kier molecular flexibility index (Phi) is 6.75. The molecule has 1 aromatic carbocycles. The average molecular weight is 370 g/mol. The Hall–Kier alpha value is -1.92. The molecule has 2 rings (SSSR count). The Morgan fingerprint density at radius 2 is 2.29 bits per heavy atom. The molecule has 0 amide bonds. The number of hydrogen-bond donors (Lipinski definition) is 2. The zero-order valence-corrected chi connectivity index (χ0v) is 14.6. The number of aliphatic carboxylic acids is 1. The van der Waals surface area contributed by atoms with Crippen LogP contribution in [0.3, 0.4) is 0 Å². The van der Waals surface area contributed by atoms with E-state index < -0.39 is 11.8 Å². The van der Waals surface area contributed by atoms with Gasteiger partial charge in [0.15, 0.2) is 0 Å². The molecule has 0 spiro atoms. The SMILES string of the molecule is CCSc1ccc(OC2=C(NCC(=O)O)CC=CC(F)=C2)c(Cl)c1. The first-order chi connectivity index (χ1) is 11.5. The highest BCUT2D eigenvalue weighted by molar-refractivity contribution is 7.99. The van der Waals surface area contributed by atoms with Gasteiger partial charge >= 0.3 is 5.97 Å². The van der Waals surface area contributed by atoms with Crippen molar-refractivity contribution in [2.45, 2.75) is 18.2 Å². The van der Waals surface area contributed by atoms with Crippen LogP contribution in [0.2, 0.25) is 5.02 Å². The molecule has 0 bridgehead atoms. The number of nitrogens with one attached hydrogen (secondary N) is 1. The van der Waals surface area contributed by atoms with Gasteiger partial charge in [-0.05, 0) is 30.0 Å². The van der Waals surface area contributed by atoms with Crippen LogP contribution in [0.1, 0.15) is 13.3 Å². The lowest BCUT2D eigenvalue weighted by Gasteiger charge is -2.14. The first-order valence-electron chi connectivity index (χ1n) is 7.32. The summed E-state index contributed by atoms with van der Waals surface area (Å²) in [4.78, 5) is 11.8. The molecule has 0 atom stereocenters. The van der Waals surface area contributed by atoms with Crippen LogP contribution in [0.5, 0.6) is 5.75 Å². The third-order valence-corrected chi connectivity index (χ3v) is 4.22. The van der Waals surface area contributed by atoms with Crippen LogP contribution >= 0.6 is 23.4 Å². The summed E-state index contributed by atoms with van der Waals surface area (Å²) >= 11 is 7.88. The number of halogens is 2. The zero-order chi connectivity index (χ0) is 17.5. The predicted molar refractivity (Wildman–Crippen MR) is 94.1 cm³/mol. The molecule has 24 heavy (non-hydrogen) atoms.